The van der Waals surface area contributed by atoms with Gasteiger partial charge in [-0.1, -0.05) is 24.3 Å². The van der Waals surface area contributed by atoms with Gasteiger partial charge in [-0.2, -0.15) is 0 Å². The van der Waals surface area contributed by atoms with Crippen LogP contribution in [0.15, 0.2) is 48.8 Å². The van der Waals surface area contributed by atoms with E-state index in [0.29, 0.717) is 5.92 Å². The molecule has 0 aliphatic carbocycles. The fourth-order valence-electron chi connectivity index (χ4n) is 2.40. The minimum atomic E-state index is 0.492. The van der Waals surface area contributed by atoms with Gasteiger partial charge in [-0.25, -0.2) is 0 Å². The number of anilines is 1. The number of benzene rings is 1. The van der Waals surface area contributed by atoms with Crippen LogP contribution in [0.4, 0.5) is 5.69 Å². The molecule has 2 heteroatoms. The van der Waals surface area contributed by atoms with E-state index in [1.165, 1.54) is 16.8 Å². The lowest BCUT2D eigenvalue weighted by molar-refractivity contribution is 0.717. The topological polar surface area (TPSA) is 24.9 Å². The Kier molecular flexibility index (Phi) is 2.33. The standard InChI is InChI=1S/C14H14N2/c1-2-6-14-13(5-1)12(7-9-16-14)11-4-3-8-15-10-11/h1-6,8,10,12,16H,7,9H2. The fraction of sp³-hybridized carbons (Fsp3) is 0.214. The van der Waals surface area contributed by atoms with Crippen molar-refractivity contribution in [2.75, 3.05) is 11.9 Å². The Hall–Kier alpha value is -1.83. The Balaban J connectivity index is 2.05. The molecule has 0 spiro atoms. The lowest BCUT2D eigenvalue weighted by atomic mass is 9.86. The first-order valence-corrected chi connectivity index (χ1v) is 5.68. The van der Waals surface area contributed by atoms with Gasteiger partial charge in [0.25, 0.3) is 0 Å². The number of fused-ring (bicyclic) bond motifs is 1. The van der Waals surface area contributed by atoms with Gasteiger partial charge < -0.3 is 5.32 Å². The molecule has 0 amide bonds. The van der Waals surface area contributed by atoms with Crippen LogP contribution in [0.25, 0.3) is 0 Å². The normalized spacial score (nSPS) is 18.6. The average molecular weight is 210 g/mol. The third-order valence-electron chi connectivity index (χ3n) is 3.17. The van der Waals surface area contributed by atoms with Crippen molar-refractivity contribution in [2.24, 2.45) is 0 Å². The highest BCUT2D eigenvalue weighted by atomic mass is 14.9. The maximum absolute atomic E-state index is 4.21. The Morgan fingerprint density at radius 2 is 2.06 bits per heavy atom. The van der Waals surface area contributed by atoms with Crippen molar-refractivity contribution < 1.29 is 0 Å². The van der Waals surface area contributed by atoms with Gasteiger partial charge in [0.05, 0.1) is 0 Å². The molecule has 0 saturated carbocycles. The van der Waals surface area contributed by atoms with E-state index in [1.807, 2.05) is 18.5 Å². The molecule has 2 aromatic rings. The summed E-state index contributed by atoms with van der Waals surface area (Å²) in [4.78, 5) is 4.21. The van der Waals surface area contributed by atoms with Crippen LogP contribution < -0.4 is 5.32 Å². The van der Waals surface area contributed by atoms with Crippen LogP contribution in [0.1, 0.15) is 23.5 Å². The van der Waals surface area contributed by atoms with E-state index in [2.05, 4.69) is 40.6 Å². The Labute approximate surface area is 95.3 Å². The minimum Gasteiger partial charge on any atom is -0.385 e. The SMILES string of the molecule is c1cncc(C2CCNc3ccccc32)c1. The van der Waals surface area contributed by atoms with Crippen molar-refractivity contribution in [3.63, 3.8) is 0 Å². The molecule has 0 fully saturated rings. The van der Waals surface area contributed by atoms with Crippen molar-refractivity contribution in [1.29, 1.82) is 0 Å². The fourth-order valence-corrected chi connectivity index (χ4v) is 2.40. The third-order valence-corrected chi connectivity index (χ3v) is 3.17. The number of nitrogens with one attached hydrogen (secondary N) is 1. The first-order valence-electron chi connectivity index (χ1n) is 5.68. The van der Waals surface area contributed by atoms with Crippen molar-refractivity contribution in [3.05, 3.63) is 59.9 Å². The van der Waals surface area contributed by atoms with E-state index < -0.39 is 0 Å². The molecule has 2 nitrogen and oxygen atoms in total. The Bertz CT molecular complexity index is 479. The van der Waals surface area contributed by atoms with Gasteiger partial charge in [-0.05, 0) is 29.7 Å². The first-order chi connectivity index (χ1) is 7.95. The monoisotopic (exact) mass is 210 g/mol. The van der Waals surface area contributed by atoms with E-state index in [4.69, 9.17) is 0 Å². The maximum atomic E-state index is 4.21. The summed E-state index contributed by atoms with van der Waals surface area (Å²) in [5.41, 5.74) is 3.97. The number of hydrogen-bond acceptors (Lipinski definition) is 2. The molecule has 2 heterocycles. The predicted molar refractivity (Wildman–Crippen MR) is 65.6 cm³/mol. The second-order valence-corrected chi connectivity index (χ2v) is 4.14. The molecule has 0 radical (unpaired) electrons. The van der Waals surface area contributed by atoms with E-state index in [9.17, 15) is 0 Å². The minimum absolute atomic E-state index is 0.492. The Morgan fingerprint density at radius 1 is 1.12 bits per heavy atom. The van der Waals surface area contributed by atoms with Crippen molar-refractivity contribution in [2.45, 2.75) is 12.3 Å². The number of hydrogen-bond donors (Lipinski definition) is 1. The van der Waals surface area contributed by atoms with Crippen molar-refractivity contribution in [1.82, 2.24) is 4.98 Å². The number of pyridine rings is 1. The van der Waals surface area contributed by atoms with Gasteiger partial charge >= 0.3 is 0 Å². The first kappa shape index (κ1) is 9.40. The third kappa shape index (κ3) is 1.56. The molecule has 1 aromatic carbocycles. The van der Waals surface area contributed by atoms with Crippen molar-refractivity contribution in [3.8, 4) is 0 Å². The summed E-state index contributed by atoms with van der Waals surface area (Å²) < 4.78 is 0. The lowest BCUT2D eigenvalue weighted by Gasteiger charge is -2.26. The molecule has 80 valence electrons. The Morgan fingerprint density at radius 3 is 2.94 bits per heavy atom. The molecule has 1 aliphatic heterocycles. The smallest absolute Gasteiger partial charge is 0.0379 e. The highest BCUT2D eigenvalue weighted by Gasteiger charge is 2.20. The van der Waals surface area contributed by atoms with Crippen molar-refractivity contribution >= 4 is 5.69 Å². The van der Waals surface area contributed by atoms with Crippen LogP contribution in [0.5, 0.6) is 0 Å². The van der Waals surface area contributed by atoms with Crippen LogP contribution in [-0.2, 0) is 0 Å². The number of para-hydroxylation sites is 1. The van der Waals surface area contributed by atoms with Crippen LogP contribution in [-0.4, -0.2) is 11.5 Å². The molecule has 1 aromatic heterocycles. The number of rotatable bonds is 1. The molecule has 1 N–H and O–H groups in total. The van der Waals surface area contributed by atoms with E-state index in [-0.39, 0.29) is 0 Å². The molecular weight excluding hydrogens is 196 g/mol. The summed E-state index contributed by atoms with van der Waals surface area (Å²) in [5.74, 6) is 0.492. The highest BCUT2D eigenvalue weighted by molar-refractivity contribution is 5.57. The zero-order valence-electron chi connectivity index (χ0n) is 9.06. The predicted octanol–water partition coefficient (Wildman–Crippen LogP) is 3.03. The van der Waals surface area contributed by atoms with E-state index in [1.54, 1.807) is 0 Å². The summed E-state index contributed by atoms with van der Waals surface area (Å²) in [7, 11) is 0. The number of nitrogens with zero attached hydrogens (tertiary/aromatic N) is 1. The quantitative estimate of drug-likeness (QED) is 0.782. The molecule has 0 saturated heterocycles. The molecule has 3 rings (SSSR count). The average Bonchev–Trinajstić information content (AvgIpc) is 2.39. The molecule has 1 aliphatic rings. The maximum Gasteiger partial charge on any atom is 0.0379 e. The second kappa shape index (κ2) is 3.97. The molecule has 1 atom stereocenters. The number of aromatic nitrogens is 1. The van der Waals surface area contributed by atoms with Gasteiger partial charge in [0, 0.05) is 30.5 Å². The van der Waals surface area contributed by atoms with E-state index in [0.717, 1.165) is 13.0 Å². The summed E-state index contributed by atoms with van der Waals surface area (Å²) in [6, 6.07) is 12.7. The molecule has 0 bridgehead atoms. The molecular formula is C14H14N2. The summed E-state index contributed by atoms with van der Waals surface area (Å²) in [6.45, 7) is 1.04. The molecule has 16 heavy (non-hydrogen) atoms. The highest BCUT2D eigenvalue weighted by Crippen LogP contribution is 2.35. The summed E-state index contributed by atoms with van der Waals surface area (Å²) in [5, 5.41) is 3.44. The zero-order valence-corrected chi connectivity index (χ0v) is 9.06. The van der Waals surface area contributed by atoms with Gasteiger partial charge in [0.1, 0.15) is 0 Å². The van der Waals surface area contributed by atoms with Crippen LogP contribution in [0, 0.1) is 0 Å². The zero-order chi connectivity index (χ0) is 10.8. The molecule has 1 unspecified atom stereocenters. The van der Waals surface area contributed by atoms with Gasteiger partial charge in [0.2, 0.25) is 0 Å². The van der Waals surface area contributed by atoms with Gasteiger partial charge in [0.15, 0.2) is 0 Å². The van der Waals surface area contributed by atoms with Crippen LogP contribution in [0.3, 0.4) is 0 Å². The summed E-state index contributed by atoms with van der Waals surface area (Å²) in [6.07, 6.45) is 4.95. The van der Waals surface area contributed by atoms with Crippen LogP contribution in [0.2, 0.25) is 0 Å². The van der Waals surface area contributed by atoms with Gasteiger partial charge in [-0.15, -0.1) is 0 Å². The van der Waals surface area contributed by atoms with E-state index >= 15 is 0 Å². The van der Waals surface area contributed by atoms with Gasteiger partial charge in [-0.3, -0.25) is 4.98 Å². The lowest BCUT2D eigenvalue weighted by Crippen LogP contribution is -2.17. The second-order valence-electron chi connectivity index (χ2n) is 4.14. The largest absolute Gasteiger partial charge is 0.385 e. The summed E-state index contributed by atoms with van der Waals surface area (Å²) >= 11 is 0. The van der Waals surface area contributed by atoms with Crippen LogP contribution >= 0.6 is 0 Å².